The number of fused-ring (bicyclic) bond motifs is 1. The third-order valence-corrected chi connectivity index (χ3v) is 3.56. The van der Waals surface area contributed by atoms with Crippen molar-refractivity contribution < 1.29 is 4.39 Å². The van der Waals surface area contributed by atoms with Crippen molar-refractivity contribution in [2.24, 2.45) is 0 Å². The Balaban J connectivity index is 2.23. The molecule has 3 nitrogen and oxygen atoms in total. The molecule has 0 aliphatic heterocycles. The minimum Gasteiger partial charge on any atom is -0.373 e. The Hall–Kier alpha value is -2.20. The van der Waals surface area contributed by atoms with Crippen LogP contribution in [0, 0.1) is 12.7 Å². The van der Waals surface area contributed by atoms with Gasteiger partial charge in [-0.2, -0.15) is 0 Å². The van der Waals surface area contributed by atoms with Gasteiger partial charge in [0.1, 0.15) is 11.6 Å². The van der Waals surface area contributed by atoms with Gasteiger partial charge in [-0.25, -0.2) is 14.4 Å². The summed E-state index contributed by atoms with van der Waals surface area (Å²) in [5, 5.41) is 4.49. The molecular weight excluding hydrogens is 289 g/mol. The topological polar surface area (TPSA) is 37.8 Å². The standard InChI is InChI=1S/C16H13ClFN3/c1-9-3-4-10(7-13(9)18)15-20-14-6-5-11(17)8-12(14)16(19-2)21-15/h3-8H,1-2H3,(H,19,20,21). The van der Waals surface area contributed by atoms with Gasteiger partial charge in [-0.3, -0.25) is 0 Å². The van der Waals surface area contributed by atoms with Gasteiger partial charge in [0.2, 0.25) is 0 Å². The lowest BCUT2D eigenvalue weighted by molar-refractivity contribution is 0.619. The van der Waals surface area contributed by atoms with Crippen molar-refractivity contribution in [1.29, 1.82) is 0 Å². The molecule has 2 aromatic carbocycles. The summed E-state index contributed by atoms with van der Waals surface area (Å²) in [5.74, 6) is 0.880. The second-order valence-corrected chi connectivity index (χ2v) is 5.21. The van der Waals surface area contributed by atoms with E-state index in [0.717, 1.165) is 10.9 Å². The third kappa shape index (κ3) is 2.54. The average Bonchev–Trinajstić information content (AvgIpc) is 2.49. The largest absolute Gasteiger partial charge is 0.373 e. The molecule has 0 spiro atoms. The highest BCUT2D eigenvalue weighted by molar-refractivity contribution is 6.31. The molecule has 0 aliphatic rings. The molecule has 21 heavy (non-hydrogen) atoms. The molecule has 1 N–H and O–H groups in total. The fraction of sp³-hybridized carbons (Fsp3) is 0.125. The first-order valence-electron chi connectivity index (χ1n) is 6.50. The van der Waals surface area contributed by atoms with Gasteiger partial charge in [0.05, 0.1) is 5.52 Å². The lowest BCUT2D eigenvalue weighted by atomic mass is 10.1. The number of aryl methyl sites for hydroxylation is 1. The molecule has 1 heterocycles. The van der Waals surface area contributed by atoms with E-state index < -0.39 is 0 Å². The number of benzene rings is 2. The van der Waals surface area contributed by atoms with Crippen molar-refractivity contribution in [3.05, 3.63) is 52.8 Å². The first-order chi connectivity index (χ1) is 10.1. The summed E-state index contributed by atoms with van der Waals surface area (Å²) in [6.07, 6.45) is 0. The van der Waals surface area contributed by atoms with E-state index in [-0.39, 0.29) is 5.82 Å². The minimum atomic E-state index is -0.265. The van der Waals surface area contributed by atoms with E-state index in [1.165, 1.54) is 6.07 Å². The zero-order valence-electron chi connectivity index (χ0n) is 11.6. The maximum absolute atomic E-state index is 13.7. The molecule has 5 heteroatoms. The quantitative estimate of drug-likeness (QED) is 0.760. The Bertz CT molecular complexity index is 833. The van der Waals surface area contributed by atoms with Crippen LogP contribution < -0.4 is 5.32 Å². The monoisotopic (exact) mass is 301 g/mol. The van der Waals surface area contributed by atoms with E-state index in [9.17, 15) is 4.39 Å². The summed E-state index contributed by atoms with van der Waals surface area (Å²) in [5.41, 5.74) is 2.00. The molecule has 0 unspecified atom stereocenters. The highest BCUT2D eigenvalue weighted by Crippen LogP contribution is 2.27. The number of rotatable bonds is 2. The number of nitrogens with one attached hydrogen (secondary N) is 1. The van der Waals surface area contributed by atoms with Crippen LogP contribution in [0.3, 0.4) is 0 Å². The van der Waals surface area contributed by atoms with Gasteiger partial charge in [-0.1, -0.05) is 23.7 Å². The molecule has 0 atom stereocenters. The molecule has 106 valence electrons. The van der Waals surface area contributed by atoms with Crippen LogP contribution in [0.25, 0.3) is 22.3 Å². The smallest absolute Gasteiger partial charge is 0.162 e. The molecule has 3 rings (SSSR count). The van der Waals surface area contributed by atoms with E-state index in [0.29, 0.717) is 27.8 Å². The van der Waals surface area contributed by atoms with Gasteiger partial charge in [-0.15, -0.1) is 0 Å². The zero-order valence-corrected chi connectivity index (χ0v) is 12.4. The fourth-order valence-electron chi connectivity index (χ4n) is 2.15. The normalized spacial score (nSPS) is 10.9. The number of halogens is 2. The average molecular weight is 302 g/mol. The molecule has 0 fully saturated rings. The van der Waals surface area contributed by atoms with Crippen LogP contribution in [0.2, 0.25) is 5.02 Å². The molecule has 3 aromatic rings. The van der Waals surface area contributed by atoms with Crippen LogP contribution in [0.1, 0.15) is 5.56 Å². The minimum absolute atomic E-state index is 0.265. The maximum Gasteiger partial charge on any atom is 0.162 e. The van der Waals surface area contributed by atoms with Gasteiger partial charge in [0.25, 0.3) is 0 Å². The first kappa shape index (κ1) is 13.8. The molecule has 0 saturated heterocycles. The van der Waals surface area contributed by atoms with Gasteiger partial charge in [0.15, 0.2) is 5.82 Å². The van der Waals surface area contributed by atoms with Crippen molar-refractivity contribution >= 4 is 28.3 Å². The Kier molecular flexibility index (Phi) is 3.47. The van der Waals surface area contributed by atoms with Crippen molar-refractivity contribution in [2.45, 2.75) is 6.92 Å². The third-order valence-electron chi connectivity index (χ3n) is 3.32. The van der Waals surface area contributed by atoms with E-state index in [2.05, 4.69) is 15.3 Å². The van der Waals surface area contributed by atoms with Gasteiger partial charge < -0.3 is 5.32 Å². The Morgan fingerprint density at radius 3 is 2.62 bits per heavy atom. The Labute approximate surface area is 126 Å². The van der Waals surface area contributed by atoms with Gasteiger partial charge >= 0.3 is 0 Å². The SMILES string of the molecule is CNc1nc(-c2ccc(C)c(F)c2)nc2ccc(Cl)cc12. The number of hydrogen-bond acceptors (Lipinski definition) is 3. The number of hydrogen-bond donors (Lipinski definition) is 1. The van der Waals surface area contributed by atoms with Gasteiger partial charge in [-0.05, 0) is 36.8 Å². The van der Waals surface area contributed by atoms with E-state index in [4.69, 9.17) is 11.6 Å². The van der Waals surface area contributed by atoms with Gasteiger partial charge in [0, 0.05) is 23.0 Å². The molecule has 0 bridgehead atoms. The molecule has 0 radical (unpaired) electrons. The Morgan fingerprint density at radius 1 is 1.10 bits per heavy atom. The van der Waals surface area contributed by atoms with Crippen LogP contribution in [-0.4, -0.2) is 17.0 Å². The summed E-state index contributed by atoms with van der Waals surface area (Å²) >= 11 is 6.01. The first-order valence-corrected chi connectivity index (χ1v) is 6.88. The summed E-state index contributed by atoms with van der Waals surface area (Å²) in [4.78, 5) is 8.94. The maximum atomic E-state index is 13.7. The van der Waals surface area contributed by atoms with E-state index >= 15 is 0 Å². The van der Waals surface area contributed by atoms with Crippen molar-refractivity contribution in [1.82, 2.24) is 9.97 Å². The van der Waals surface area contributed by atoms with Crippen LogP contribution in [0.15, 0.2) is 36.4 Å². The van der Waals surface area contributed by atoms with Crippen LogP contribution in [-0.2, 0) is 0 Å². The fourth-order valence-corrected chi connectivity index (χ4v) is 2.32. The molecular formula is C16H13ClFN3. The summed E-state index contributed by atoms with van der Waals surface area (Å²) in [6.45, 7) is 1.72. The number of nitrogens with zero attached hydrogens (tertiary/aromatic N) is 2. The van der Waals surface area contributed by atoms with Crippen LogP contribution in [0.4, 0.5) is 10.2 Å². The lowest BCUT2D eigenvalue weighted by Gasteiger charge is -2.09. The van der Waals surface area contributed by atoms with E-state index in [1.807, 2.05) is 18.2 Å². The highest BCUT2D eigenvalue weighted by Gasteiger charge is 2.10. The second-order valence-electron chi connectivity index (χ2n) is 4.77. The van der Waals surface area contributed by atoms with E-state index in [1.54, 1.807) is 26.1 Å². The molecule has 0 amide bonds. The second kappa shape index (κ2) is 5.30. The zero-order chi connectivity index (χ0) is 15.0. The summed E-state index contributed by atoms with van der Waals surface area (Å²) in [6, 6.07) is 10.4. The number of anilines is 1. The van der Waals surface area contributed by atoms with Crippen LogP contribution in [0.5, 0.6) is 0 Å². The summed E-state index contributed by atoms with van der Waals surface area (Å²) in [7, 11) is 1.78. The predicted octanol–water partition coefficient (Wildman–Crippen LogP) is 4.44. The van der Waals surface area contributed by atoms with Crippen molar-refractivity contribution in [2.75, 3.05) is 12.4 Å². The number of aromatic nitrogens is 2. The lowest BCUT2D eigenvalue weighted by Crippen LogP contribution is -1.99. The molecule has 0 aliphatic carbocycles. The molecule has 0 saturated carbocycles. The Morgan fingerprint density at radius 2 is 1.90 bits per heavy atom. The summed E-state index contributed by atoms with van der Waals surface area (Å²) < 4.78 is 13.7. The van der Waals surface area contributed by atoms with Crippen molar-refractivity contribution in [3.8, 4) is 11.4 Å². The van der Waals surface area contributed by atoms with Crippen LogP contribution >= 0.6 is 11.6 Å². The van der Waals surface area contributed by atoms with Crippen molar-refractivity contribution in [3.63, 3.8) is 0 Å². The highest BCUT2D eigenvalue weighted by atomic mass is 35.5. The predicted molar refractivity (Wildman–Crippen MR) is 84.2 cm³/mol. The molecule has 1 aromatic heterocycles.